The largest absolute Gasteiger partial charge is 0.507 e. The molecule has 15 nitrogen and oxygen atoms in total. The molecule has 3 aliphatic rings. The van der Waals surface area contributed by atoms with Crippen LogP contribution in [0, 0.1) is 0 Å². The van der Waals surface area contributed by atoms with Crippen molar-refractivity contribution in [1.82, 2.24) is 44.6 Å². The van der Waals surface area contributed by atoms with E-state index in [1.54, 1.807) is 40.6 Å². The second-order valence-electron chi connectivity index (χ2n) is 14.3. The average molecular weight is 731 g/mol. The van der Waals surface area contributed by atoms with Crippen molar-refractivity contribution in [3.63, 3.8) is 0 Å². The molecular weight excluding hydrogens is 688 g/mol. The minimum absolute atomic E-state index is 0.00998. The molecule has 0 saturated carbocycles. The highest BCUT2D eigenvalue weighted by molar-refractivity contribution is 6.06. The number of phenols is 1. The van der Waals surface area contributed by atoms with Gasteiger partial charge in [0.1, 0.15) is 17.6 Å². The second-order valence-corrected chi connectivity index (χ2v) is 14.3. The summed E-state index contributed by atoms with van der Waals surface area (Å²) < 4.78 is 4.86. The van der Waals surface area contributed by atoms with Crippen LogP contribution in [0.2, 0.25) is 0 Å². The number of aromatic hydroxyl groups is 1. The number of carbonyl (C=O) groups excluding carboxylic acids is 3. The molecule has 3 N–H and O–H groups in total. The topological polar surface area (TPSA) is 173 Å². The number of imide groups is 1. The Labute approximate surface area is 310 Å². The van der Waals surface area contributed by atoms with E-state index in [1.165, 1.54) is 10.6 Å². The van der Waals surface area contributed by atoms with E-state index in [9.17, 15) is 24.3 Å². The van der Waals surface area contributed by atoms with Gasteiger partial charge >= 0.3 is 5.69 Å². The third-order valence-corrected chi connectivity index (χ3v) is 10.7. The standard InChI is InChI=1S/C39H42N10O5/c1-45-33-18-25(11-12-31(33)49(39(45)54)32-13-14-37(52)42-38(32)53)6-5-16-40-20-27-22-47(44-43-27)21-26-7-4-10-36(41-26)48-24-28-19-29(48)23-46(28)17-15-35(51)30-8-2-3-9-34(30)50/h2-4,7-12,15,17-18,22,28-29,32,40,50H,5-6,13-14,16,19-21,23-24H2,1H3,(H,42,52,53)/b17-15+/t28-,29-,32?/m1/s1. The molecular formula is C39H42N10O5. The Kier molecular flexibility index (Phi) is 9.54. The van der Waals surface area contributed by atoms with Gasteiger partial charge in [-0.2, -0.15) is 0 Å². The van der Waals surface area contributed by atoms with Gasteiger partial charge in [-0.1, -0.05) is 29.5 Å². The summed E-state index contributed by atoms with van der Waals surface area (Å²) in [4.78, 5) is 59.3. The van der Waals surface area contributed by atoms with Crippen molar-refractivity contribution in [2.45, 2.75) is 63.3 Å². The molecule has 0 aliphatic carbocycles. The van der Waals surface area contributed by atoms with Crippen LogP contribution in [0.5, 0.6) is 5.75 Å². The Hall–Kier alpha value is -6.09. The first kappa shape index (κ1) is 35.0. The molecule has 2 bridgehead atoms. The van der Waals surface area contributed by atoms with Crippen LogP contribution in [0.15, 0.2) is 83.9 Å². The number of piperazine rings is 1. The van der Waals surface area contributed by atoms with Gasteiger partial charge in [0.25, 0.3) is 0 Å². The Balaban J connectivity index is 0.801. The van der Waals surface area contributed by atoms with Gasteiger partial charge in [-0.3, -0.25) is 28.8 Å². The number of aryl methyl sites for hydroxylation is 2. The quantitative estimate of drug-likeness (QED) is 0.0704. The number of pyridine rings is 1. The lowest BCUT2D eigenvalue weighted by Crippen LogP contribution is -2.44. The van der Waals surface area contributed by atoms with E-state index in [4.69, 9.17) is 4.98 Å². The van der Waals surface area contributed by atoms with Gasteiger partial charge in [0.05, 0.1) is 40.7 Å². The molecule has 0 radical (unpaired) electrons. The van der Waals surface area contributed by atoms with Crippen LogP contribution in [0.25, 0.3) is 11.0 Å². The number of nitrogens with zero attached hydrogens (tertiary/aromatic N) is 8. The molecule has 3 aliphatic heterocycles. The number of anilines is 1. The summed E-state index contributed by atoms with van der Waals surface area (Å²) in [5, 5.41) is 24.5. The number of nitrogens with one attached hydrogen (secondary N) is 2. The number of benzene rings is 2. The van der Waals surface area contributed by atoms with Gasteiger partial charge < -0.3 is 20.2 Å². The molecule has 3 atom stereocenters. The van der Waals surface area contributed by atoms with Crippen molar-refractivity contribution in [2.75, 3.05) is 24.5 Å². The number of hydrogen-bond donors (Lipinski definition) is 3. The molecule has 3 fully saturated rings. The minimum atomic E-state index is -0.696. The summed E-state index contributed by atoms with van der Waals surface area (Å²) in [7, 11) is 1.70. The highest BCUT2D eigenvalue weighted by Crippen LogP contribution is 2.34. The lowest BCUT2D eigenvalue weighted by Gasteiger charge is -2.34. The van der Waals surface area contributed by atoms with E-state index in [0.29, 0.717) is 36.6 Å². The number of rotatable bonds is 13. The summed E-state index contributed by atoms with van der Waals surface area (Å²) in [6.45, 7) is 3.47. The number of carbonyl (C=O) groups is 3. The molecule has 2 aromatic carbocycles. The Morgan fingerprint density at radius 2 is 1.89 bits per heavy atom. The molecule has 54 heavy (non-hydrogen) atoms. The van der Waals surface area contributed by atoms with Crippen molar-refractivity contribution in [1.29, 1.82) is 0 Å². The molecule has 278 valence electrons. The molecule has 2 amide bonds. The van der Waals surface area contributed by atoms with Crippen molar-refractivity contribution < 1.29 is 19.5 Å². The molecule has 1 unspecified atom stereocenters. The Morgan fingerprint density at radius 3 is 2.70 bits per heavy atom. The fraction of sp³-hybridized carbons (Fsp3) is 0.359. The van der Waals surface area contributed by atoms with Crippen LogP contribution in [-0.2, 0) is 36.1 Å². The average Bonchev–Trinajstić information content (AvgIpc) is 3.95. The number of para-hydroxylation sites is 1. The molecule has 5 aromatic rings. The molecule has 15 heteroatoms. The van der Waals surface area contributed by atoms with Crippen molar-refractivity contribution >= 4 is 34.4 Å². The summed E-state index contributed by atoms with van der Waals surface area (Å²) in [6.07, 6.45) is 8.53. The summed E-state index contributed by atoms with van der Waals surface area (Å²) in [5.74, 6) is -0.0310. The van der Waals surface area contributed by atoms with E-state index in [0.717, 1.165) is 67.2 Å². The van der Waals surface area contributed by atoms with Gasteiger partial charge in [-0.15, -0.1) is 5.10 Å². The van der Waals surface area contributed by atoms with Gasteiger partial charge in [-0.25, -0.2) is 14.5 Å². The molecule has 3 aromatic heterocycles. The molecule has 8 rings (SSSR count). The number of fused-ring (bicyclic) bond motifs is 3. The third-order valence-electron chi connectivity index (χ3n) is 10.7. The molecule has 6 heterocycles. The number of imidazole rings is 1. The van der Waals surface area contributed by atoms with Crippen molar-refractivity contribution in [3.05, 3.63) is 112 Å². The second kappa shape index (κ2) is 14.7. The van der Waals surface area contributed by atoms with Crippen LogP contribution in [0.4, 0.5) is 5.82 Å². The number of phenolic OH excluding ortho intramolecular Hbond substituents is 1. The number of piperidine rings is 1. The first-order valence-electron chi connectivity index (χ1n) is 18.3. The first-order valence-corrected chi connectivity index (χ1v) is 18.3. The summed E-state index contributed by atoms with van der Waals surface area (Å²) >= 11 is 0. The normalized spacial score (nSPS) is 19.8. The highest BCUT2D eigenvalue weighted by Gasteiger charge is 2.42. The monoisotopic (exact) mass is 730 g/mol. The number of hydrogen-bond acceptors (Lipinski definition) is 11. The maximum absolute atomic E-state index is 13.1. The zero-order chi connectivity index (χ0) is 37.3. The Morgan fingerprint density at radius 1 is 1.02 bits per heavy atom. The van der Waals surface area contributed by atoms with Crippen LogP contribution in [0.1, 0.15) is 59.0 Å². The smallest absolute Gasteiger partial charge is 0.329 e. The fourth-order valence-corrected chi connectivity index (χ4v) is 7.90. The van der Waals surface area contributed by atoms with E-state index < -0.39 is 11.9 Å². The van der Waals surface area contributed by atoms with E-state index in [1.807, 2.05) is 48.8 Å². The van der Waals surface area contributed by atoms with Gasteiger partial charge in [0.15, 0.2) is 5.78 Å². The fourth-order valence-electron chi connectivity index (χ4n) is 7.90. The van der Waals surface area contributed by atoms with Crippen LogP contribution >= 0.6 is 0 Å². The van der Waals surface area contributed by atoms with E-state index in [-0.39, 0.29) is 35.6 Å². The van der Waals surface area contributed by atoms with Crippen LogP contribution in [0.3, 0.4) is 0 Å². The lowest BCUT2D eigenvalue weighted by molar-refractivity contribution is -0.135. The van der Waals surface area contributed by atoms with E-state index >= 15 is 0 Å². The predicted octanol–water partition coefficient (Wildman–Crippen LogP) is 2.44. The van der Waals surface area contributed by atoms with Crippen LogP contribution < -0.4 is 21.2 Å². The maximum atomic E-state index is 13.1. The maximum Gasteiger partial charge on any atom is 0.329 e. The SMILES string of the molecule is Cn1c(=O)n(C2CCC(=O)NC2=O)c2ccc(CCCNCc3cn(Cc4cccc(N5C[C@H]6C[C@@H]5CN6/C=C/C(=O)c5ccccc5O)n4)nn3)cc21. The van der Waals surface area contributed by atoms with Crippen molar-refractivity contribution in [3.8, 4) is 5.75 Å². The number of ketones is 1. The predicted molar refractivity (Wildman–Crippen MR) is 200 cm³/mol. The molecule has 0 spiro atoms. The number of aromatic nitrogens is 6. The third kappa shape index (κ3) is 7.01. The highest BCUT2D eigenvalue weighted by atomic mass is 16.3. The lowest BCUT2D eigenvalue weighted by atomic mass is 10.1. The zero-order valence-electron chi connectivity index (χ0n) is 30.0. The zero-order valence-corrected chi connectivity index (χ0v) is 30.0. The summed E-state index contributed by atoms with van der Waals surface area (Å²) in [5.41, 5.74) is 4.30. The van der Waals surface area contributed by atoms with Crippen LogP contribution in [-0.4, -0.2) is 88.4 Å². The van der Waals surface area contributed by atoms with Gasteiger partial charge in [0.2, 0.25) is 11.8 Å². The number of likely N-dealkylation sites (tertiary alicyclic amines) is 1. The van der Waals surface area contributed by atoms with Gasteiger partial charge in [0, 0.05) is 57.5 Å². The van der Waals surface area contributed by atoms with E-state index in [2.05, 4.69) is 30.7 Å². The summed E-state index contributed by atoms with van der Waals surface area (Å²) in [6, 6.07) is 18.4. The minimum Gasteiger partial charge on any atom is -0.507 e. The molecule has 3 saturated heterocycles. The van der Waals surface area contributed by atoms with Gasteiger partial charge in [-0.05, 0) is 74.2 Å². The Bertz CT molecular complexity index is 2330. The van der Waals surface area contributed by atoms with Crippen molar-refractivity contribution in [2.24, 2.45) is 7.05 Å². The number of amides is 2. The first-order chi connectivity index (χ1) is 26.2. The number of allylic oxidation sites excluding steroid dienone is 1.